The van der Waals surface area contributed by atoms with Gasteiger partial charge in [0.15, 0.2) is 0 Å². The second-order valence-electron chi connectivity index (χ2n) is 9.77. The highest BCUT2D eigenvalue weighted by Crippen LogP contribution is 2.37. The third-order valence-corrected chi connectivity index (χ3v) is 6.99. The van der Waals surface area contributed by atoms with Crippen LogP contribution >= 0.6 is 0 Å². The van der Waals surface area contributed by atoms with E-state index in [1.807, 2.05) is 36.5 Å². The van der Waals surface area contributed by atoms with Gasteiger partial charge in [-0.25, -0.2) is 4.98 Å². The van der Waals surface area contributed by atoms with E-state index in [-0.39, 0.29) is 0 Å². The summed E-state index contributed by atoms with van der Waals surface area (Å²) in [6.07, 6.45) is 31.1. The van der Waals surface area contributed by atoms with Gasteiger partial charge in [0.05, 0.1) is 11.2 Å². The van der Waals surface area contributed by atoms with Crippen molar-refractivity contribution >= 4 is 35.2 Å². The summed E-state index contributed by atoms with van der Waals surface area (Å²) in [4.78, 5) is 9.13. The maximum absolute atomic E-state index is 4.99. The molecule has 2 aromatic heterocycles. The van der Waals surface area contributed by atoms with Crippen LogP contribution in [0.3, 0.4) is 0 Å². The van der Waals surface area contributed by atoms with Gasteiger partial charge in [-0.1, -0.05) is 116 Å². The minimum atomic E-state index is 0.608. The summed E-state index contributed by atoms with van der Waals surface area (Å²) in [5.74, 6) is 0.608. The van der Waals surface area contributed by atoms with Gasteiger partial charge in [-0.3, -0.25) is 4.98 Å². The number of hydrogen-bond acceptors (Lipinski definition) is 2. The maximum Gasteiger partial charge on any atom is 0.0712 e. The predicted octanol–water partition coefficient (Wildman–Crippen LogP) is 9.69. The predicted molar refractivity (Wildman–Crippen MR) is 164 cm³/mol. The van der Waals surface area contributed by atoms with Crippen LogP contribution in [0.15, 0.2) is 116 Å². The molecule has 0 radical (unpaired) electrons. The summed E-state index contributed by atoms with van der Waals surface area (Å²) in [6.45, 7) is 0. The third kappa shape index (κ3) is 7.14. The first-order valence-electron chi connectivity index (χ1n) is 13.6. The Bertz CT molecular complexity index is 1470. The van der Waals surface area contributed by atoms with Crippen LogP contribution < -0.4 is 0 Å². The number of aromatic nitrogens is 2. The standard InChI is InChI=1S/C36H34N2/c1(5-18-31-19-13-25-37-28-31)2-10-22-33-27-34(32-20-8-4-9-21-32)35-26-30(23-24-36(35)38-33)17-12-11-16-29-14-6-3-7-15-29/h1-3,5-7,10-19,22-28,32H,4,8-9,20-21H2/b2-1+,16-11+,17-12+,18-5+,22-10+. The molecule has 1 aliphatic carbocycles. The lowest BCUT2D eigenvalue weighted by molar-refractivity contribution is 0.445. The lowest BCUT2D eigenvalue weighted by Crippen LogP contribution is -2.06. The monoisotopic (exact) mass is 494 g/mol. The molecule has 1 saturated carbocycles. The number of fused-ring (bicyclic) bond motifs is 1. The van der Waals surface area contributed by atoms with E-state index in [9.17, 15) is 0 Å². The van der Waals surface area contributed by atoms with Gasteiger partial charge in [0.1, 0.15) is 0 Å². The van der Waals surface area contributed by atoms with Crippen LogP contribution in [0.1, 0.15) is 66.0 Å². The van der Waals surface area contributed by atoms with Gasteiger partial charge >= 0.3 is 0 Å². The fourth-order valence-electron chi connectivity index (χ4n) is 5.05. The van der Waals surface area contributed by atoms with Crippen molar-refractivity contribution in [2.75, 3.05) is 0 Å². The highest BCUT2D eigenvalue weighted by Gasteiger charge is 2.19. The van der Waals surface area contributed by atoms with Crippen molar-refractivity contribution in [3.63, 3.8) is 0 Å². The Balaban J connectivity index is 1.36. The van der Waals surface area contributed by atoms with Crippen molar-refractivity contribution in [1.82, 2.24) is 9.97 Å². The largest absolute Gasteiger partial charge is 0.264 e. The Morgan fingerprint density at radius 2 is 1.32 bits per heavy atom. The Kier molecular flexibility index (Phi) is 8.88. The summed E-state index contributed by atoms with van der Waals surface area (Å²) >= 11 is 0. The summed E-state index contributed by atoms with van der Waals surface area (Å²) in [5.41, 5.74) is 7.05. The van der Waals surface area contributed by atoms with Crippen LogP contribution in [0.2, 0.25) is 0 Å². The number of benzene rings is 2. The van der Waals surface area contributed by atoms with E-state index < -0.39 is 0 Å². The number of rotatable bonds is 8. The van der Waals surface area contributed by atoms with E-state index >= 15 is 0 Å². The van der Waals surface area contributed by atoms with Crippen molar-refractivity contribution in [1.29, 1.82) is 0 Å². The maximum atomic E-state index is 4.99. The van der Waals surface area contributed by atoms with Crippen molar-refractivity contribution in [2.45, 2.75) is 38.0 Å². The summed E-state index contributed by atoms with van der Waals surface area (Å²) in [7, 11) is 0. The molecule has 0 spiro atoms. The molecule has 0 N–H and O–H groups in total. The molecule has 2 heterocycles. The first kappa shape index (κ1) is 25.4. The van der Waals surface area contributed by atoms with Crippen LogP contribution in [0.5, 0.6) is 0 Å². The Hall–Kier alpha value is -4.30. The van der Waals surface area contributed by atoms with Crippen LogP contribution in [0, 0.1) is 0 Å². The quantitative estimate of drug-likeness (QED) is 0.228. The first-order chi connectivity index (χ1) is 18.8. The molecule has 0 aliphatic heterocycles. The van der Waals surface area contributed by atoms with E-state index in [0.717, 1.165) is 16.8 Å². The summed E-state index contributed by atoms with van der Waals surface area (Å²) < 4.78 is 0. The Morgan fingerprint density at radius 3 is 2.11 bits per heavy atom. The van der Waals surface area contributed by atoms with Gasteiger partial charge in [0.25, 0.3) is 0 Å². The van der Waals surface area contributed by atoms with E-state index in [2.05, 4.69) is 102 Å². The fourth-order valence-corrected chi connectivity index (χ4v) is 5.05. The number of hydrogen-bond donors (Lipinski definition) is 0. The molecule has 2 aromatic carbocycles. The van der Waals surface area contributed by atoms with Crippen LogP contribution in [0.25, 0.3) is 35.2 Å². The molecule has 2 nitrogen and oxygen atoms in total. The van der Waals surface area contributed by atoms with E-state index in [1.54, 1.807) is 6.20 Å². The molecule has 0 unspecified atom stereocenters. The molecule has 0 atom stereocenters. The molecule has 4 aromatic rings. The lowest BCUT2D eigenvalue weighted by Gasteiger charge is -2.23. The molecule has 5 rings (SSSR count). The number of allylic oxidation sites excluding steroid dienone is 6. The molecule has 2 heteroatoms. The Labute approximate surface area is 226 Å². The van der Waals surface area contributed by atoms with Gasteiger partial charge in [-0.2, -0.15) is 0 Å². The van der Waals surface area contributed by atoms with Crippen molar-refractivity contribution in [3.8, 4) is 0 Å². The van der Waals surface area contributed by atoms with Crippen LogP contribution in [-0.4, -0.2) is 9.97 Å². The van der Waals surface area contributed by atoms with Crippen molar-refractivity contribution in [2.24, 2.45) is 0 Å². The topological polar surface area (TPSA) is 25.8 Å². The molecule has 38 heavy (non-hydrogen) atoms. The minimum absolute atomic E-state index is 0.608. The Morgan fingerprint density at radius 1 is 0.605 bits per heavy atom. The second kappa shape index (κ2) is 13.3. The van der Waals surface area contributed by atoms with E-state index in [4.69, 9.17) is 4.98 Å². The number of pyridine rings is 2. The van der Waals surface area contributed by atoms with Gasteiger partial charge in [-0.05, 0) is 71.4 Å². The molecule has 0 amide bonds. The fraction of sp³-hybridized carbons (Fsp3) is 0.167. The highest BCUT2D eigenvalue weighted by atomic mass is 14.7. The molecule has 0 bridgehead atoms. The van der Waals surface area contributed by atoms with Crippen molar-refractivity contribution in [3.05, 3.63) is 144 Å². The van der Waals surface area contributed by atoms with Crippen LogP contribution in [0.4, 0.5) is 0 Å². The van der Waals surface area contributed by atoms with Crippen LogP contribution in [-0.2, 0) is 0 Å². The molecule has 1 fully saturated rings. The zero-order valence-corrected chi connectivity index (χ0v) is 21.8. The molecular weight excluding hydrogens is 460 g/mol. The van der Waals surface area contributed by atoms with Crippen molar-refractivity contribution < 1.29 is 0 Å². The van der Waals surface area contributed by atoms with E-state index in [1.165, 1.54) is 54.2 Å². The van der Waals surface area contributed by atoms with Gasteiger partial charge < -0.3 is 0 Å². The third-order valence-electron chi connectivity index (χ3n) is 6.99. The van der Waals surface area contributed by atoms with E-state index in [0.29, 0.717) is 5.92 Å². The second-order valence-corrected chi connectivity index (χ2v) is 9.77. The number of nitrogens with zero attached hydrogens (tertiary/aromatic N) is 2. The molecular formula is C36H34N2. The van der Waals surface area contributed by atoms with Gasteiger partial charge in [0.2, 0.25) is 0 Å². The highest BCUT2D eigenvalue weighted by molar-refractivity contribution is 5.86. The normalized spacial score (nSPS) is 15.3. The lowest BCUT2D eigenvalue weighted by atomic mass is 9.82. The first-order valence-corrected chi connectivity index (χ1v) is 13.6. The SMILES string of the molecule is C(=C\C=C\c1cc(C2CCCCC2)c2cc(/C=C/C=C/c3ccccc3)ccc2n1)/C=C/c1cccnc1. The molecule has 0 saturated heterocycles. The average Bonchev–Trinajstić information content (AvgIpc) is 2.98. The zero-order valence-electron chi connectivity index (χ0n) is 21.8. The van der Waals surface area contributed by atoms with Gasteiger partial charge in [-0.15, -0.1) is 0 Å². The summed E-state index contributed by atoms with van der Waals surface area (Å²) in [6, 6.07) is 23.4. The molecule has 188 valence electrons. The smallest absolute Gasteiger partial charge is 0.0712 e. The minimum Gasteiger partial charge on any atom is -0.264 e. The zero-order chi connectivity index (χ0) is 25.8. The molecule has 1 aliphatic rings. The van der Waals surface area contributed by atoms with Gasteiger partial charge in [0, 0.05) is 17.8 Å². The summed E-state index contributed by atoms with van der Waals surface area (Å²) in [5, 5.41) is 1.29. The average molecular weight is 495 g/mol.